The van der Waals surface area contributed by atoms with Crippen LogP contribution in [0.2, 0.25) is 5.02 Å². The van der Waals surface area contributed by atoms with Crippen molar-refractivity contribution >= 4 is 23.5 Å². The summed E-state index contributed by atoms with van der Waals surface area (Å²) < 4.78 is 21.4. The Hall–Kier alpha value is -3.33. The van der Waals surface area contributed by atoms with Gasteiger partial charge in [0.1, 0.15) is 13.2 Å². The van der Waals surface area contributed by atoms with E-state index >= 15 is 0 Å². The molecule has 2 aromatic carbocycles. The number of carbonyl (C=O) groups is 2. The number of nitrogens with one attached hydrogen (secondary N) is 1. The molecular weight excluding hydrogens is 474 g/mol. The smallest absolute Gasteiger partial charge is 0.453 e. The minimum atomic E-state index is -2.40. The molecule has 35 heavy (non-hydrogen) atoms. The predicted molar refractivity (Wildman–Crippen MR) is 130 cm³/mol. The molecule has 2 N–H and O–H groups in total. The van der Waals surface area contributed by atoms with Gasteiger partial charge >= 0.3 is 17.7 Å². The molecule has 0 aliphatic carbocycles. The zero-order chi connectivity index (χ0) is 25.4. The van der Waals surface area contributed by atoms with Crippen LogP contribution < -0.4 is 14.8 Å². The van der Waals surface area contributed by atoms with Crippen molar-refractivity contribution < 1.29 is 33.6 Å². The van der Waals surface area contributed by atoms with Gasteiger partial charge in [-0.2, -0.15) is 0 Å². The van der Waals surface area contributed by atoms with E-state index in [-0.39, 0.29) is 30.8 Å². The molecular formula is C26H28ClNO7. The van der Waals surface area contributed by atoms with Crippen LogP contribution >= 0.6 is 11.6 Å². The van der Waals surface area contributed by atoms with Gasteiger partial charge in [0, 0.05) is 17.6 Å². The minimum absolute atomic E-state index is 0.0101. The van der Waals surface area contributed by atoms with Crippen LogP contribution in [0, 0.1) is 0 Å². The molecule has 0 amide bonds. The highest BCUT2D eigenvalue weighted by atomic mass is 35.5. The van der Waals surface area contributed by atoms with Gasteiger partial charge in [-0.1, -0.05) is 55.1 Å². The zero-order valence-corrected chi connectivity index (χ0v) is 20.1. The Labute approximate surface area is 209 Å². The third kappa shape index (κ3) is 6.42. The Bertz CT molecular complexity index is 1060. The highest BCUT2D eigenvalue weighted by Gasteiger charge is 2.59. The van der Waals surface area contributed by atoms with E-state index in [2.05, 4.69) is 18.5 Å². The van der Waals surface area contributed by atoms with E-state index in [0.717, 1.165) is 11.1 Å². The van der Waals surface area contributed by atoms with Crippen LogP contribution in [0.3, 0.4) is 0 Å². The lowest BCUT2D eigenvalue weighted by Gasteiger charge is -2.22. The number of ether oxygens (including phenoxy) is 4. The molecule has 0 spiro atoms. The van der Waals surface area contributed by atoms with Crippen LogP contribution in [0.1, 0.15) is 24.2 Å². The third-order valence-electron chi connectivity index (χ3n) is 5.15. The van der Waals surface area contributed by atoms with Crippen molar-refractivity contribution in [2.75, 3.05) is 19.8 Å². The average Bonchev–Trinajstić information content (AvgIpc) is 3.24. The average molecular weight is 502 g/mol. The molecule has 3 rings (SSSR count). The second-order valence-electron chi connectivity index (χ2n) is 7.96. The van der Waals surface area contributed by atoms with Crippen LogP contribution in [0.15, 0.2) is 67.8 Å². The molecule has 186 valence electrons. The Morgan fingerprint density at radius 2 is 1.74 bits per heavy atom. The second kappa shape index (κ2) is 11.9. The van der Waals surface area contributed by atoms with E-state index in [0.29, 0.717) is 18.0 Å². The van der Waals surface area contributed by atoms with Crippen molar-refractivity contribution in [1.29, 1.82) is 0 Å². The molecule has 0 bridgehead atoms. The van der Waals surface area contributed by atoms with Gasteiger partial charge in [0.15, 0.2) is 11.5 Å². The summed E-state index contributed by atoms with van der Waals surface area (Å²) in [5.41, 5.74) is 1.59. The van der Waals surface area contributed by atoms with Gasteiger partial charge < -0.3 is 29.4 Å². The van der Waals surface area contributed by atoms with Gasteiger partial charge in [-0.15, -0.1) is 0 Å². The first-order valence-corrected chi connectivity index (χ1v) is 11.4. The normalized spacial score (nSPS) is 15.1. The first kappa shape index (κ1) is 26.3. The number of hydrogen-bond acceptors (Lipinski definition) is 8. The van der Waals surface area contributed by atoms with E-state index in [1.54, 1.807) is 36.4 Å². The third-order valence-corrected chi connectivity index (χ3v) is 5.39. The molecule has 9 heteroatoms. The molecule has 0 saturated carbocycles. The number of fused-ring (bicyclic) bond motifs is 1. The van der Waals surface area contributed by atoms with Gasteiger partial charge in [-0.05, 0) is 48.7 Å². The number of aliphatic hydroxyl groups is 1. The highest BCUT2D eigenvalue weighted by Crippen LogP contribution is 2.41. The highest BCUT2D eigenvalue weighted by molar-refractivity contribution is 6.30. The Morgan fingerprint density at radius 1 is 1.09 bits per heavy atom. The van der Waals surface area contributed by atoms with Crippen molar-refractivity contribution in [3.63, 3.8) is 0 Å². The Morgan fingerprint density at radius 3 is 2.37 bits per heavy atom. The van der Waals surface area contributed by atoms with Crippen molar-refractivity contribution in [2.45, 2.75) is 31.3 Å². The molecule has 0 aromatic heterocycles. The van der Waals surface area contributed by atoms with Crippen molar-refractivity contribution in [2.24, 2.45) is 0 Å². The number of aliphatic hydroxyl groups excluding tert-OH is 1. The summed E-state index contributed by atoms with van der Waals surface area (Å²) in [5, 5.41) is 14.3. The number of carbonyl (C=O) groups excluding carboxylic acids is 2. The molecule has 1 heterocycles. The molecule has 1 aliphatic rings. The van der Waals surface area contributed by atoms with Gasteiger partial charge in [0.05, 0.1) is 6.10 Å². The zero-order valence-electron chi connectivity index (χ0n) is 19.4. The summed E-state index contributed by atoms with van der Waals surface area (Å²) in [4.78, 5) is 25.3. The van der Waals surface area contributed by atoms with Crippen LogP contribution in [0.5, 0.6) is 11.5 Å². The molecule has 8 nitrogen and oxygen atoms in total. The number of halogens is 1. The topological polar surface area (TPSA) is 103 Å². The molecule has 0 radical (unpaired) electrons. The number of benzene rings is 2. The molecule has 2 atom stereocenters. The summed E-state index contributed by atoms with van der Waals surface area (Å²) in [7, 11) is 0. The maximum Gasteiger partial charge on any atom is 0.453 e. The van der Waals surface area contributed by atoms with Crippen LogP contribution in [-0.2, 0) is 25.5 Å². The fourth-order valence-corrected chi connectivity index (χ4v) is 3.65. The largest absolute Gasteiger partial charge is 0.455 e. The van der Waals surface area contributed by atoms with E-state index in [4.69, 9.17) is 30.5 Å². The Balaban J connectivity index is 1.66. The monoisotopic (exact) mass is 501 g/mol. The number of esters is 2. The fraction of sp³-hybridized carbons (Fsp3) is 0.308. The lowest BCUT2D eigenvalue weighted by Crippen LogP contribution is -2.56. The SMILES string of the molecule is C=CCOC(=O)C1(C(=O)OCC=C)Oc2ccc(C[C@@H](C)NC[C@H](O)c3cccc(Cl)c3)cc2O1. The van der Waals surface area contributed by atoms with Gasteiger partial charge in [-0.3, -0.25) is 0 Å². The van der Waals surface area contributed by atoms with Gasteiger partial charge in [0.2, 0.25) is 0 Å². The first-order chi connectivity index (χ1) is 16.8. The number of rotatable bonds is 12. The standard InChI is InChI=1S/C26H28ClNO7/c1-4-11-32-24(30)26(25(31)33-12-5-2)34-22-10-9-18(14-23(22)35-26)13-17(3)28-16-21(29)19-7-6-8-20(27)15-19/h4-10,14-15,17,21,28-29H,1-2,11-13,16H2,3H3/t17-,21+/m1/s1. The molecule has 0 fully saturated rings. The maximum atomic E-state index is 12.7. The molecule has 0 unspecified atom stereocenters. The number of hydrogen-bond donors (Lipinski definition) is 2. The maximum absolute atomic E-state index is 12.7. The van der Waals surface area contributed by atoms with Gasteiger partial charge in [-0.25, -0.2) is 9.59 Å². The van der Waals surface area contributed by atoms with Crippen molar-refractivity contribution in [1.82, 2.24) is 5.32 Å². The van der Waals surface area contributed by atoms with E-state index < -0.39 is 23.8 Å². The van der Waals surface area contributed by atoms with Crippen LogP contribution in [0.25, 0.3) is 0 Å². The fourth-order valence-electron chi connectivity index (χ4n) is 3.45. The molecule has 2 aromatic rings. The lowest BCUT2D eigenvalue weighted by atomic mass is 10.1. The molecule has 1 aliphatic heterocycles. The second-order valence-corrected chi connectivity index (χ2v) is 8.40. The first-order valence-electron chi connectivity index (χ1n) is 11.0. The summed E-state index contributed by atoms with van der Waals surface area (Å²) in [6.45, 7) is 9.01. The summed E-state index contributed by atoms with van der Waals surface area (Å²) in [5.74, 6) is -4.09. The van der Waals surface area contributed by atoms with E-state index in [1.165, 1.54) is 12.2 Å². The molecule has 0 saturated heterocycles. The van der Waals surface area contributed by atoms with Crippen molar-refractivity contribution in [3.8, 4) is 11.5 Å². The summed E-state index contributed by atoms with van der Waals surface area (Å²) >= 11 is 5.99. The quantitative estimate of drug-likeness (QED) is 0.259. The summed E-state index contributed by atoms with van der Waals surface area (Å²) in [6.07, 6.45) is 2.59. The predicted octanol–water partition coefficient (Wildman–Crippen LogP) is 3.52. The van der Waals surface area contributed by atoms with Crippen LogP contribution in [-0.4, -0.2) is 48.6 Å². The Kier molecular flexibility index (Phi) is 8.92. The van der Waals surface area contributed by atoms with Gasteiger partial charge in [0.25, 0.3) is 0 Å². The van der Waals surface area contributed by atoms with Crippen molar-refractivity contribution in [3.05, 3.63) is 83.9 Å². The van der Waals surface area contributed by atoms with Crippen LogP contribution in [0.4, 0.5) is 0 Å². The summed E-state index contributed by atoms with van der Waals surface area (Å²) in [6, 6.07) is 12.2. The lowest BCUT2D eigenvalue weighted by molar-refractivity contribution is -0.201. The minimum Gasteiger partial charge on any atom is -0.455 e. The van der Waals surface area contributed by atoms with E-state index in [9.17, 15) is 14.7 Å². The van der Waals surface area contributed by atoms with E-state index in [1.807, 2.05) is 13.0 Å².